The Morgan fingerprint density at radius 1 is 1.47 bits per heavy atom. The van der Waals surface area contributed by atoms with Gasteiger partial charge >= 0.3 is 0 Å². The van der Waals surface area contributed by atoms with Crippen LogP contribution in [0.1, 0.15) is 49.4 Å². The molecule has 1 heterocycles. The number of anilines is 2. The standard InChI is InChI=1S/C14H22N4O/c1-2-9-5-3-4-6-12(9)18-14-11(13(16)19)7-10(15)8-17-14/h7-9,12H,2-6,15H2,1H3,(H2,16,19)(H,17,18). The number of aromatic nitrogens is 1. The summed E-state index contributed by atoms with van der Waals surface area (Å²) >= 11 is 0. The first-order valence-electron chi connectivity index (χ1n) is 6.93. The number of amides is 1. The van der Waals surface area contributed by atoms with Gasteiger partial charge in [0.1, 0.15) is 5.82 Å². The van der Waals surface area contributed by atoms with Crippen LogP contribution in [0.5, 0.6) is 0 Å². The van der Waals surface area contributed by atoms with Crippen molar-refractivity contribution in [1.82, 2.24) is 4.98 Å². The lowest BCUT2D eigenvalue weighted by atomic mass is 9.83. The maximum Gasteiger partial charge on any atom is 0.252 e. The quantitative estimate of drug-likeness (QED) is 0.775. The van der Waals surface area contributed by atoms with Crippen LogP contribution in [0, 0.1) is 5.92 Å². The number of hydrogen-bond donors (Lipinski definition) is 3. The number of hydrogen-bond acceptors (Lipinski definition) is 4. The number of nitrogen functional groups attached to an aromatic ring is 1. The van der Waals surface area contributed by atoms with Crippen molar-refractivity contribution in [2.75, 3.05) is 11.1 Å². The molecule has 5 N–H and O–H groups in total. The van der Waals surface area contributed by atoms with E-state index in [4.69, 9.17) is 11.5 Å². The fraction of sp³-hybridized carbons (Fsp3) is 0.571. The average Bonchev–Trinajstić information content (AvgIpc) is 2.41. The van der Waals surface area contributed by atoms with Gasteiger partial charge < -0.3 is 16.8 Å². The molecule has 1 fully saturated rings. The SMILES string of the molecule is CCC1CCCCC1Nc1ncc(N)cc1C(N)=O. The van der Waals surface area contributed by atoms with E-state index in [1.165, 1.54) is 19.3 Å². The van der Waals surface area contributed by atoms with Crippen molar-refractivity contribution >= 4 is 17.4 Å². The van der Waals surface area contributed by atoms with Crippen molar-refractivity contribution < 1.29 is 4.79 Å². The summed E-state index contributed by atoms with van der Waals surface area (Å²) < 4.78 is 0. The minimum Gasteiger partial charge on any atom is -0.397 e. The number of pyridine rings is 1. The predicted molar refractivity (Wildman–Crippen MR) is 76.8 cm³/mol. The van der Waals surface area contributed by atoms with E-state index in [1.807, 2.05) is 0 Å². The summed E-state index contributed by atoms with van der Waals surface area (Å²) in [5.41, 5.74) is 11.9. The number of carbonyl (C=O) groups excluding carboxylic acids is 1. The van der Waals surface area contributed by atoms with Gasteiger partial charge in [0.25, 0.3) is 5.91 Å². The number of nitrogens with zero attached hydrogens (tertiary/aromatic N) is 1. The smallest absolute Gasteiger partial charge is 0.252 e. The van der Waals surface area contributed by atoms with Crippen molar-refractivity contribution in [2.45, 2.75) is 45.1 Å². The van der Waals surface area contributed by atoms with Gasteiger partial charge in [-0.2, -0.15) is 0 Å². The molecule has 1 aromatic rings. The first kappa shape index (κ1) is 13.6. The Kier molecular flexibility index (Phi) is 4.24. The molecule has 104 valence electrons. The third-order valence-electron chi connectivity index (χ3n) is 3.93. The third kappa shape index (κ3) is 3.16. The van der Waals surface area contributed by atoms with Crippen molar-refractivity contribution in [3.05, 3.63) is 17.8 Å². The zero-order valence-corrected chi connectivity index (χ0v) is 11.4. The predicted octanol–water partition coefficient (Wildman–Crippen LogP) is 2.14. The Bertz CT molecular complexity index is 461. The molecule has 19 heavy (non-hydrogen) atoms. The lowest BCUT2D eigenvalue weighted by Gasteiger charge is -2.32. The van der Waals surface area contributed by atoms with Crippen LogP contribution >= 0.6 is 0 Å². The van der Waals surface area contributed by atoms with Gasteiger partial charge in [0, 0.05) is 6.04 Å². The van der Waals surface area contributed by atoms with E-state index in [1.54, 1.807) is 12.3 Å². The molecule has 5 heteroatoms. The summed E-state index contributed by atoms with van der Waals surface area (Å²) in [6, 6.07) is 1.95. The van der Waals surface area contributed by atoms with Crippen molar-refractivity contribution in [2.24, 2.45) is 11.7 Å². The van der Waals surface area contributed by atoms with E-state index in [9.17, 15) is 4.79 Å². The van der Waals surface area contributed by atoms with Gasteiger partial charge in [0.2, 0.25) is 0 Å². The maximum atomic E-state index is 11.5. The molecule has 0 spiro atoms. The molecular weight excluding hydrogens is 240 g/mol. The minimum absolute atomic E-state index is 0.368. The highest BCUT2D eigenvalue weighted by Crippen LogP contribution is 2.29. The number of primary amides is 1. The van der Waals surface area contributed by atoms with Gasteiger partial charge in [-0.15, -0.1) is 0 Å². The van der Waals surface area contributed by atoms with E-state index >= 15 is 0 Å². The summed E-state index contributed by atoms with van der Waals surface area (Å²) in [4.78, 5) is 15.7. The van der Waals surface area contributed by atoms with E-state index in [0.717, 1.165) is 12.8 Å². The number of carbonyl (C=O) groups is 1. The van der Waals surface area contributed by atoms with Crippen molar-refractivity contribution in [3.8, 4) is 0 Å². The van der Waals surface area contributed by atoms with Crippen LogP contribution in [0.4, 0.5) is 11.5 Å². The highest BCUT2D eigenvalue weighted by Gasteiger charge is 2.25. The molecule has 1 aliphatic carbocycles. The van der Waals surface area contributed by atoms with Crippen LogP contribution in [0.25, 0.3) is 0 Å². The molecule has 0 bridgehead atoms. The normalized spacial score (nSPS) is 23.0. The Balaban J connectivity index is 2.20. The van der Waals surface area contributed by atoms with E-state index in [-0.39, 0.29) is 0 Å². The van der Waals surface area contributed by atoms with Crippen molar-refractivity contribution in [3.63, 3.8) is 0 Å². The Hall–Kier alpha value is -1.78. The summed E-state index contributed by atoms with van der Waals surface area (Å²) in [6.45, 7) is 2.20. The van der Waals surface area contributed by atoms with Gasteiger partial charge in [0.05, 0.1) is 17.4 Å². The van der Waals surface area contributed by atoms with Crippen LogP contribution in [-0.4, -0.2) is 16.9 Å². The Labute approximate surface area is 113 Å². The van der Waals surface area contributed by atoms with Crippen LogP contribution in [0.3, 0.4) is 0 Å². The lowest BCUT2D eigenvalue weighted by Crippen LogP contribution is -2.33. The molecule has 2 unspecified atom stereocenters. The van der Waals surface area contributed by atoms with Crippen LogP contribution < -0.4 is 16.8 Å². The average molecular weight is 262 g/mol. The largest absolute Gasteiger partial charge is 0.397 e. The Morgan fingerprint density at radius 2 is 2.21 bits per heavy atom. The van der Waals surface area contributed by atoms with Gasteiger partial charge in [-0.3, -0.25) is 4.79 Å². The first-order valence-corrected chi connectivity index (χ1v) is 6.93. The topological polar surface area (TPSA) is 94.0 Å². The number of rotatable bonds is 4. The van der Waals surface area contributed by atoms with E-state index in [2.05, 4.69) is 17.2 Å². The molecule has 2 atom stereocenters. The zero-order chi connectivity index (χ0) is 13.8. The van der Waals surface area contributed by atoms with E-state index < -0.39 is 5.91 Å². The van der Waals surface area contributed by atoms with Gasteiger partial charge in [0.15, 0.2) is 0 Å². The molecule has 1 aliphatic rings. The summed E-state index contributed by atoms with van der Waals surface area (Å²) in [6.07, 6.45) is 7.54. The number of nitrogens with two attached hydrogens (primary N) is 2. The van der Waals surface area contributed by atoms with Crippen LogP contribution in [0.15, 0.2) is 12.3 Å². The molecule has 0 saturated heterocycles. The highest BCUT2D eigenvalue weighted by atomic mass is 16.1. The van der Waals surface area contributed by atoms with Crippen LogP contribution in [-0.2, 0) is 0 Å². The number of nitrogens with one attached hydrogen (secondary N) is 1. The molecule has 0 aromatic carbocycles. The second-order valence-electron chi connectivity index (χ2n) is 5.23. The molecule has 1 aromatic heterocycles. The van der Waals surface area contributed by atoms with Crippen LogP contribution in [0.2, 0.25) is 0 Å². The molecule has 2 rings (SSSR count). The van der Waals surface area contributed by atoms with Gasteiger partial charge in [-0.05, 0) is 24.8 Å². The highest BCUT2D eigenvalue weighted by molar-refractivity contribution is 5.98. The third-order valence-corrected chi connectivity index (χ3v) is 3.93. The lowest BCUT2D eigenvalue weighted by molar-refractivity contribution is 0.100. The molecular formula is C14H22N4O. The second-order valence-corrected chi connectivity index (χ2v) is 5.23. The Morgan fingerprint density at radius 3 is 2.89 bits per heavy atom. The van der Waals surface area contributed by atoms with Gasteiger partial charge in [-0.1, -0.05) is 26.2 Å². The summed E-state index contributed by atoms with van der Waals surface area (Å²) in [7, 11) is 0. The summed E-state index contributed by atoms with van der Waals surface area (Å²) in [5.74, 6) is 0.701. The first-order chi connectivity index (χ1) is 9.11. The maximum absolute atomic E-state index is 11.5. The fourth-order valence-corrected chi connectivity index (χ4v) is 2.85. The second kappa shape index (κ2) is 5.91. The van der Waals surface area contributed by atoms with Crippen molar-refractivity contribution in [1.29, 1.82) is 0 Å². The van der Waals surface area contributed by atoms with Gasteiger partial charge in [-0.25, -0.2) is 4.98 Å². The summed E-state index contributed by atoms with van der Waals surface area (Å²) in [5, 5.41) is 3.39. The molecule has 1 amide bonds. The van der Waals surface area contributed by atoms with E-state index in [0.29, 0.717) is 29.0 Å². The fourth-order valence-electron chi connectivity index (χ4n) is 2.85. The monoisotopic (exact) mass is 262 g/mol. The molecule has 0 aliphatic heterocycles. The minimum atomic E-state index is -0.494. The molecule has 1 saturated carbocycles. The molecule has 5 nitrogen and oxygen atoms in total. The zero-order valence-electron chi connectivity index (χ0n) is 11.4. The molecule has 0 radical (unpaired) electrons.